The van der Waals surface area contributed by atoms with Crippen LogP contribution in [0.25, 0.3) is 0 Å². The molecule has 6 heteroatoms. The van der Waals surface area contributed by atoms with Gasteiger partial charge in [-0.3, -0.25) is 0 Å². The smallest absolute Gasteiger partial charge is 0.241 e. The van der Waals surface area contributed by atoms with Crippen molar-refractivity contribution in [1.29, 1.82) is 0 Å². The van der Waals surface area contributed by atoms with Crippen molar-refractivity contribution < 1.29 is 13.5 Å². The van der Waals surface area contributed by atoms with E-state index >= 15 is 0 Å². The van der Waals surface area contributed by atoms with Gasteiger partial charge >= 0.3 is 0 Å². The van der Waals surface area contributed by atoms with E-state index < -0.39 is 15.6 Å². The first kappa shape index (κ1) is 16.9. The minimum Gasteiger partial charge on any atom is -0.389 e. The van der Waals surface area contributed by atoms with Crippen LogP contribution in [0.3, 0.4) is 0 Å². The quantitative estimate of drug-likeness (QED) is 0.872. The van der Waals surface area contributed by atoms with Gasteiger partial charge in [-0.25, -0.2) is 13.1 Å². The van der Waals surface area contributed by atoms with Gasteiger partial charge in [0.2, 0.25) is 10.0 Å². The van der Waals surface area contributed by atoms with Gasteiger partial charge in [-0.05, 0) is 51.5 Å². The Morgan fingerprint density at radius 1 is 1.38 bits per heavy atom. The summed E-state index contributed by atoms with van der Waals surface area (Å²) in [6.07, 6.45) is 4.44. The second-order valence-corrected chi connectivity index (χ2v) is 9.37. The molecule has 0 bridgehead atoms. The fraction of sp³-hybridized carbons (Fsp3) is 0.733. The molecular weight excluding hydrogens is 306 g/mol. The van der Waals surface area contributed by atoms with E-state index in [2.05, 4.69) is 11.6 Å². The SMILES string of the molecule is CCC1CCC(O)(CNS(=O)(=O)c2cc(C)sc2C)CC1. The molecule has 1 fully saturated rings. The van der Waals surface area contributed by atoms with Crippen molar-refractivity contribution in [3.8, 4) is 0 Å². The summed E-state index contributed by atoms with van der Waals surface area (Å²) in [5.41, 5.74) is -0.891. The largest absolute Gasteiger partial charge is 0.389 e. The van der Waals surface area contributed by atoms with Gasteiger partial charge in [-0.2, -0.15) is 0 Å². The number of hydrogen-bond donors (Lipinski definition) is 2. The van der Waals surface area contributed by atoms with Crippen LogP contribution in [0.2, 0.25) is 0 Å². The molecule has 0 atom stereocenters. The Morgan fingerprint density at radius 2 is 2.00 bits per heavy atom. The lowest BCUT2D eigenvalue weighted by Crippen LogP contribution is -2.45. The molecule has 0 saturated heterocycles. The van der Waals surface area contributed by atoms with Crippen LogP contribution in [-0.2, 0) is 10.0 Å². The standard InChI is InChI=1S/C15H25NO3S2/c1-4-13-5-7-15(17,8-6-13)10-16-21(18,19)14-9-11(2)20-12(14)3/h9,13,16-17H,4-8,10H2,1-3H3. The fourth-order valence-corrected chi connectivity index (χ4v) is 5.65. The van der Waals surface area contributed by atoms with Gasteiger partial charge in [0.05, 0.1) is 10.5 Å². The van der Waals surface area contributed by atoms with Crippen molar-refractivity contribution >= 4 is 21.4 Å². The molecule has 1 heterocycles. The van der Waals surface area contributed by atoms with Gasteiger partial charge in [-0.15, -0.1) is 11.3 Å². The molecule has 21 heavy (non-hydrogen) atoms. The Bertz CT molecular complexity index is 584. The van der Waals surface area contributed by atoms with Crippen LogP contribution >= 0.6 is 11.3 Å². The highest BCUT2D eigenvalue weighted by atomic mass is 32.2. The fourth-order valence-electron chi connectivity index (χ4n) is 2.98. The molecule has 1 aliphatic rings. The predicted molar refractivity (Wildman–Crippen MR) is 86.2 cm³/mol. The average Bonchev–Trinajstić information content (AvgIpc) is 2.78. The predicted octanol–water partition coefficient (Wildman–Crippen LogP) is 2.97. The Kier molecular flexibility index (Phi) is 5.13. The van der Waals surface area contributed by atoms with Gasteiger partial charge in [0.25, 0.3) is 0 Å². The first-order valence-corrected chi connectivity index (χ1v) is 9.85. The Balaban J connectivity index is 2.00. The van der Waals surface area contributed by atoms with Gasteiger partial charge in [-0.1, -0.05) is 13.3 Å². The molecule has 4 nitrogen and oxygen atoms in total. The third-order valence-electron chi connectivity index (χ3n) is 4.49. The number of aliphatic hydroxyl groups is 1. The van der Waals surface area contributed by atoms with Crippen LogP contribution < -0.4 is 4.72 Å². The van der Waals surface area contributed by atoms with Crippen LogP contribution in [-0.4, -0.2) is 25.7 Å². The summed E-state index contributed by atoms with van der Waals surface area (Å²) in [5.74, 6) is 0.670. The lowest BCUT2D eigenvalue weighted by atomic mass is 9.78. The summed E-state index contributed by atoms with van der Waals surface area (Å²) in [6.45, 7) is 5.99. The van der Waals surface area contributed by atoms with Crippen molar-refractivity contribution in [2.75, 3.05) is 6.54 Å². The van der Waals surface area contributed by atoms with E-state index in [9.17, 15) is 13.5 Å². The first-order chi connectivity index (χ1) is 9.76. The van der Waals surface area contributed by atoms with Crippen LogP contribution in [0.15, 0.2) is 11.0 Å². The van der Waals surface area contributed by atoms with E-state index in [4.69, 9.17) is 0 Å². The lowest BCUT2D eigenvalue weighted by Gasteiger charge is -2.35. The monoisotopic (exact) mass is 331 g/mol. The molecular formula is C15H25NO3S2. The van der Waals surface area contributed by atoms with Gasteiger partial charge in [0, 0.05) is 16.3 Å². The third-order valence-corrected chi connectivity index (χ3v) is 7.11. The topological polar surface area (TPSA) is 66.4 Å². The number of rotatable bonds is 5. The van der Waals surface area contributed by atoms with E-state index in [0.717, 1.165) is 29.0 Å². The molecule has 1 aromatic heterocycles. The zero-order valence-corrected chi connectivity index (χ0v) is 14.6. The van der Waals surface area contributed by atoms with Crippen molar-refractivity contribution in [3.05, 3.63) is 15.8 Å². The number of hydrogen-bond acceptors (Lipinski definition) is 4. The summed E-state index contributed by atoms with van der Waals surface area (Å²) >= 11 is 1.48. The number of nitrogens with one attached hydrogen (secondary N) is 1. The van der Waals surface area contributed by atoms with Crippen LogP contribution in [0.5, 0.6) is 0 Å². The normalized spacial score (nSPS) is 27.0. The van der Waals surface area contributed by atoms with E-state index in [1.54, 1.807) is 6.07 Å². The van der Waals surface area contributed by atoms with Crippen molar-refractivity contribution in [2.45, 2.75) is 63.4 Å². The summed E-state index contributed by atoms with van der Waals surface area (Å²) < 4.78 is 27.3. The van der Waals surface area contributed by atoms with Gasteiger partial charge in [0.15, 0.2) is 0 Å². The zero-order chi connectivity index (χ0) is 15.7. The summed E-state index contributed by atoms with van der Waals surface area (Å²) in [5, 5.41) is 10.5. The number of sulfonamides is 1. The van der Waals surface area contributed by atoms with Crippen molar-refractivity contribution in [1.82, 2.24) is 4.72 Å². The highest BCUT2D eigenvalue weighted by molar-refractivity contribution is 7.89. The van der Waals surface area contributed by atoms with Crippen LogP contribution in [0.4, 0.5) is 0 Å². The molecule has 2 N–H and O–H groups in total. The maximum Gasteiger partial charge on any atom is 0.241 e. The molecule has 2 rings (SSSR count). The Morgan fingerprint density at radius 3 is 2.48 bits per heavy atom. The van der Waals surface area contributed by atoms with E-state index in [1.165, 1.54) is 11.3 Å². The summed E-state index contributed by atoms with van der Waals surface area (Å²) in [4.78, 5) is 2.12. The Labute approximate surface area is 131 Å². The first-order valence-electron chi connectivity index (χ1n) is 7.55. The summed E-state index contributed by atoms with van der Waals surface area (Å²) in [7, 11) is -3.53. The van der Waals surface area contributed by atoms with E-state index in [1.807, 2.05) is 13.8 Å². The number of aryl methyl sites for hydroxylation is 2. The van der Waals surface area contributed by atoms with Crippen LogP contribution in [0, 0.1) is 19.8 Å². The van der Waals surface area contributed by atoms with Crippen LogP contribution in [0.1, 0.15) is 48.8 Å². The third kappa shape index (κ3) is 4.06. The molecule has 1 saturated carbocycles. The molecule has 1 aromatic rings. The molecule has 0 amide bonds. The maximum atomic E-state index is 12.4. The maximum absolute atomic E-state index is 12.4. The van der Waals surface area contributed by atoms with Gasteiger partial charge in [0.1, 0.15) is 0 Å². The summed E-state index contributed by atoms with van der Waals surface area (Å²) in [6, 6.07) is 1.69. The molecule has 1 aliphatic carbocycles. The highest BCUT2D eigenvalue weighted by Gasteiger charge is 2.34. The van der Waals surface area contributed by atoms with E-state index in [-0.39, 0.29) is 6.54 Å². The number of thiophene rings is 1. The molecule has 0 spiro atoms. The molecule has 0 aromatic carbocycles. The average molecular weight is 332 g/mol. The molecule has 0 radical (unpaired) electrons. The lowest BCUT2D eigenvalue weighted by molar-refractivity contribution is -0.00442. The Hall–Kier alpha value is -0.430. The minimum atomic E-state index is -3.53. The minimum absolute atomic E-state index is 0.111. The van der Waals surface area contributed by atoms with Gasteiger partial charge < -0.3 is 5.11 Å². The van der Waals surface area contributed by atoms with E-state index in [0.29, 0.717) is 23.7 Å². The molecule has 0 unspecified atom stereocenters. The van der Waals surface area contributed by atoms with Crippen molar-refractivity contribution in [3.63, 3.8) is 0 Å². The molecule has 0 aliphatic heterocycles. The highest BCUT2D eigenvalue weighted by Crippen LogP contribution is 2.33. The zero-order valence-electron chi connectivity index (χ0n) is 13.0. The second kappa shape index (κ2) is 6.36. The second-order valence-electron chi connectivity index (χ2n) is 6.18. The van der Waals surface area contributed by atoms with Crippen molar-refractivity contribution in [2.24, 2.45) is 5.92 Å². The molecule has 120 valence electrons.